The van der Waals surface area contributed by atoms with Crippen LogP contribution in [-0.2, 0) is 4.79 Å². The molecule has 1 aliphatic rings. The van der Waals surface area contributed by atoms with Crippen LogP contribution in [0, 0.1) is 0 Å². The van der Waals surface area contributed by atoms with E-state index in [9.17, 15) is 4.79 Å². The van der Waals surface area contributed by atoms with E-state index in [0.717, 1.165) is 50.3 Å². The van der Waals surface area contributed by atoms with Gasteiger partial charge in [0.2, 0.25) is 5.91 Å². The predicted molar refractivity (Wildman–Crippen MR) is 99.6 cm³/mol. The van der Waals surface area contributed by atoms with Gasteiger partial charge in [0.05, 0.1) is 6.61 Å². The van der Waals surface area contributed by atoms with Crippen LogP contribution in [0.15, 0.2) is 24.3 Å². The summed E-state index contributed by atoms with van der Waals surface area (Å²) in [4.78, 5) is 14.5. The number of ether oxygens (including phenoxy) is 1. The molecule has 1 aromatic rings. The van der Waals surface area contributed by atoms with E-state index in [0.29, 0.717) is 6.42 Å². The zero-order valence-corrected chi connectivity index (χ0v) is 15.1. The molecule has 1 amide bonds. The smallest absolute Gasteiger partial charge is 0.224 e. The molecule has 0 aromatic heterocycles. The fourth-order valence-electron chi connectivity index (χ4n) is 3.00. The number of carbonyl (C=O) groups excluding carboxylic acids is 1. The van der Waals surface area contributed by atoms with Gasteiger partial charge in [0.25, 0.3) is 0 Å². The van der Waals surface area contributed by atoms with Crippen molar-refractivity contribution >= 4 is 11.6 Å². The summed E-state index contributed by atoms with van der Waals surface area (Å²) in [6.45, 7) is 6.50. The summed E-state index contributed by atoms with van der Waals surface area (Å²) in [7, 11) is 0. The van der Waals surface area contributed by atoms with E-state index < -0.39 is 0 Å². The Morgan fingerprint density at radius 2 is 1.83 bits per heavy atom. The summed E-state index contributed by atoms with van der Waals surface area (Å²) in [6, 6.07) is 7.66. The third kappa shape index (κ3) is 7.35. The Morgan fingerprint density at radius 1 is 1.08 bits per heavy atom. The van der Waals surface area contributed by atoms with Gasteiger partial charge in [0, 0.05) is 12.1 Å². The van der Waals surface area contributed by atoms with Crippen LogP contribution in [0.25, 0.3) is 0 Å². The van der Waals surface area contributed by atoms with Crippen LogP contribution in [0.5, 0.6) is 5.75 Å². The number of benzene rings is 1. The van der Waals surface area contributed by atoms with E-state index in [-0.39, 0.29) is 5.91 Å². The molecule has 4 nitrogen and oxygen atoms in total. The Balaban J connectivity index is 1.59. The quantitative estimate of drug-likeness (QED) is 0.643. The molecule has 4 heteroatoms. The Hall–Kier alpha value is -1.55. The molecule has 0 unspecified atom stereocenters. The first kappa shape index (κ1) is 18.8. The van der Waals surface area contributed by atoms with E-state index in [1.807, 2.05) is 24.3 Å². The second-order valence-electron chi connectivity index (χ2n) is 6.63. The topological polar surface area (TPSA) is 41.6 Å². The number of hydrogen-bond acceptors (Lipinski definition) is 3. The number of carbonyl (C=O) groups is 1. The van der Waals surface area contributed by atoms with Gasteiger partial charge in [0.15, 0.2) is 0 Å². The lowest BCUT2D eigenvalue weighted by Gasteiger charge is -2.26. The average Bonchev–Trinajstić information content (AvgIpc) is 2.61. The molecule has 0 aliphatic carbocycles. The third-order valence-electron chi connectivity index (χ3n) is 4.48. The minimum Gasteiger partial charge on any atom is -0.494 e. The maximum atomic E-state index is 12.0. The molecule has 0 atom stereocenters. The molecular formula is C20H32N2O2. The molecule has 1 fully saturated rings. The maximum Gasteiger partial charge on any atom is 0.224 e. The molecular weight excluding hydrogens is 300 g/mol. The zero-order chi connectivity index (χ0) is 17.0. The molecule has 0 bridgehead atoms. The number of piperidine rings is 1. The van der Waals surface area contributed by atoms with Gasteiger partial charge in [-0.25, -0.2) is 0 Å². The number of nitrogens with one attached hydrogen (secondary N) is 1. The standard InChI is InChI=1S/C20H32N2O2/c1-2-3-17-24-19-12-10-18(11-13-19)21-20(23)9-5-8-16-22-14-6-4-7-15-22/h10-13H,2-9,14-17H2,1H3,(H,21,23). The van der Waals surface area contributed by atoms with E-state index in [1.165, 1.54) is 32.4 Å². The Bertz CT molecular complexity index is 467. The molecule has 1 N–H and O–H groups in total. The second kappa shape index (κ2) is 11.1. The van der Waals surface area contributed by atoms with Crippen LogP contribution in [0.3, 0.4) is 0 Å². The first-order chi connectivity index (χ1) is 11.8. The number of hydrogen-bond donors (Lipinski definition) is 1. The minimum absolute atomic E-state index is 0.105. The maximum absolute atomic E-state index is 12.0. The molecule has 1 aromatic carbocycles. The normalized spacial score (nSPS) is 15.2. The SMILES string of the molecule is CCCCOc1ccc(NC(=O)CCCCN2CCCCC2)cc1. The summed E-state index contributed by atoms with van der Waals surface area (Å²) >= 11 is 0. The fraction of sp³-hybridized carbons (Fsp3) is 0.650. The van der Waals surface area contributed by atoms with Gasteiger partial charge in [0.1, 0.15) is 5.75 Å². The minimum atomic E-state index is 0.105. The van der Waals surface area contributed by atoms with Gasteiger partial charge >= 0.3 is 0 Å². The first-order valence-electron chi connectivity index (χ1n) is 9.53. The highest BCUT2D eigenvalue weighted by atomic mass is 16.5. The average molecular weight is 332 g/mol. The van der Waals surface area contributed by atoms with Crippen molar-refractivity contribution in [2.24, 2.45) is 0 Å². The fourth-order valence-corrected chi connectivity index (χ4v) is 3.00. The van der Waals surface area contributed by atoms with Crippen molar-refractivity contribution in [3.05, 3.63) is 24.3 Å². The largest absolute Gasteiger partial charge is 0.494 e. The molecule has 0 saturated carbocycles. The Morgan fingerprint density at radius 3 is 2.54 bits per heavy atom. The van der Waals surface area contributed by atoms with Gasteiger partial charge in [-0.3, -0.25) is 4.79 Å². The molecule has 134 valence electrons. The summed E-state index contributed by atoms with van der Waals surface area (Å²) in [5.41, 5.74) is 0.846. The second-order valence-corrected chi connectivity index (χ2v) is 6.63. The van der Waals surface area contributed by atoms with Crippen LogP contribution in [0.4, 0.5) is 5.69 Å². The molecule has 2 rings (SSSR count). The lowest BCUT2D eigenvalue weighted by Crippen LogP contribution is -2.30. The molecule has 1 saturated heterocycles. The highest BCUT2D eigenvalue weighted by Gasteiger charge is 2.09. The number of likely N-dealkylation sites (tertiary alicyclic amines) is 1. The van der Waals surface area contributed by atoms with Crippen molar-refractivity contribution in [1.29, 1.82) is 0 Å². The van der Waals surface area contributed by atoms with Crippen molar-refractivity contribution in [3.63, 3.8) is 0 Å². The number of amides is 1. The predicted octanol–water partition coefficient (Wildman–Crippen LogP) is 4.46. The summed E-state index contributed by atoms with van der Waals surface area (Å²) < 4.78 is 5.63. The summed E-state index contributed by atoms with van der Waals surface area (Å²) in [6.07, 6.45) is 8.90. The number of nitrogens with zero attached hydrogens (tertiary/aromatic N) is 1. The number of unbranched alkanes of at least 4 members (excludes halogenated alkanes) is 2. The van der Waals surface area contributed by atoms with Crippen LogP contribution < -0.4 is 10.1 Å². The van der Waals surface area contributed by atoms with Crippen molar-refractivity contribution in [3.8, 4) is 5.75 Å². The monoisotopic (exact) mass is 332 g/mol. The lowest BCUT2D eigenvalue weighted by molar-refractivity contribution is -0.116. The zero-order valence-electron chi connectivity index (χ0n) is 15.1. The van der Waals surface area contributed by atoms with Crippen LogP contribution in [0.1, 0.15) is 58.3 Å². The number of anilines is 1. The van der Waals surface area contributed by atoms with Gasteiger partial charge in [-0.2, -0.15) is 0 Å². The van der Waals surface area contributed by atoms with Crippen LogP contribution in [0.2, 0.25) is 0 Å². The molecule has 1 aliphatic heterocycles. The summed E-state index contributed by atoms with van der Waals surface area (Å²) in [5, 5.41) is 2.97. The first-order valence-corrected chi connectivity index (χ1v) is 9.53. The Labute approximate surface area is 146 Å². The van der Waals surface area contributed by atoms with Crippen molar-refractivity contribution in [1.82, 2.24) is 4.90 Å². The number of rotatable bonds is 10. The summed E-state index contributed by atoms with van der Waals surface area (Å²) in [5.74, 6) is 0.969. The highest BCUT2D eigenvalue weighted by Crippen LogP contribution is 2.16. The van der Waals surface area contributed by atoms with Gasteiger partial charge in [-0.15, -0.1) is 0 Å². The lowest BCUT2D eigenvalue weighted by atomic mass is 10.1. The van der Waals surface area contributed by atoms with Crippen LogP contribution >= 0.6 is 0 Å². The van der Waals surface area contributed by atoms with Gasteiger partial charge in [-0.1, -0.05) is 19.8 Å². The third-order valence-corrected chi connectivity index (χ3v) is 4.48. The van der Waals surface area contributed by atoms with E-state index in [2.05, 4.69) is 17.1 Å². The van der Waals surface area contributed by atoms with Gasteiger partial charge < -0.3 is 15.0 Å². The Kier molecular flexibility index (Phi) is 8.67. The molecule has 0 radical (unpaired) electrons. The van der Waals surface area contributed by atoms with Crippen molar-refractivity contribution < 1.29 is 9.53 Å². The molecule has 1 heterocycles. The van der Waals surface area contributed by atoms with Crippen molar-refractivity contribution in [2.75, 3.05) is 31.6 Å². The molecule has 0 spiro atoms. The highest BCUT2D eigenvalue weighted by molar-refractivity contribution is 5.90. The van der Waals surface area contributed by atoms with E-state index >= 15 is 0 Å². The molecule has 24 heavy (non-hydrogen) atoms. The van der Waals surface area contributed by atoms with Crippen LogP contribution in [-0.4, -0.2) is 37.0 Å². The van der Waals surface area contributed by atoms with Gasteiger partial charge in [-0.05, 0) is 76.0 Å². The van der Waals surface area contributed by atoms with E-state index in [1.54, 1.807) is 0 Å². The van der Waals surface area contributed by atoms with Crippen molar-refractivity contribution in [2.45, 2.75) is 58.3 Å². The van der Waals surface area contributed by atoms with E-state index in [4.69, 9.17) is 4.74 Å².